The van der Waals surface area contributed by atoms with Crippen LogP contribution in [0.15, 0.2) is 60.2 Å². The van der Waals surface area contributed by atoms with Crippen molar-refractivity contribution in [3.63, 3.8) is 0 Å². The first-order valence-corrected chi connectivity index (χ1v) is 12.0. The maximum Gasteiger partial charge on any atom is 0.410 e. The predicted molar refractivity (Wildman–Crippen MR) is 130 cm³/mol. The number of thiazole rings is 1. The second-order valence-electron chi connectivity index (χ2n) is 8.98. The van der Waals surface area contributed by atoms with Crippen LogP contribution in [0.3, 0.4) is 0 Å². The van der Waals surface area contributed by atoms with Gasteiger partial charge in [-0.15, -0.1) is 11.3 Å². The van der Waals surface area contributed by atoms with E-state index in [2.05, 4.69) is 9.97 Å². The normalized spacial score (nSPS) is 16.3. The van der Waals surface area contributed by atoms with E-state index in [-0.39, 0.29) is 18.6 Å². The molecular formula is C25H28N4O4S. The molecule has 1 aliphatic heterocycles. The van der Waals surface area contributed by atoms with Gasteiger partial charge in [0.1, 0.15) is 28.7 Å². The SMILES string of the molecule is CC(C)(C)OC(=O)N1CCN(C(=O)c2csc(-c3ccccc3)n2)C(COc2cccnc2)C1. The Bertz CT molecular complexity index is 1110. The molecule has 3 aromatic rings. The fourth-order valence-electron chi connectivity index (χ4n) is 3.61. The van der Waals surface area contributed by atoms with Gasteiger partial charge in [0.05, 0.1) is 12.2 Å². The molecule has 34 heavy (non-hydrogen) atoms. The molecule has 1 saturated heterocycles. The summed E-state index contributed by atoms with van der Waals surface area (Å²) >= 11 is 1.44. The summed E-state index contributed by atoms with van der Waals surface area (Å²) in [5.74, 6) is 0.423. The number of benzene rings is 1. The molecule has 2 aromatic heterocycles. The highest BCUT2D eigenvalue weighted by Crippen LogP contribution is 2.25. The summed E-state index contributed by atoms with van der Waals surface area (Å²) in [6.07, 6.45) is 2.89. The minimum absolute atomic E-state index is 0.179. The molecule has 0 aliphatic carbocycles. The molecule has 1 fully saturated rings. The molecule has 1 aliphatic rings. The summed E-state index contributed by atoms with van der Waals surface area (Å²) < 4.78 is 11.5. The minimum atomic E-state index is -0.597. The van der Waals surface area contributed by atoms with E-state index in [1.165, 1.54) is 11.3 Å². The van der Waals surface area contributed by atoms with Crippen LogP contribution < -0.4 is 4.74 Å². The minimum Gasteiger partial charge on any atom is -0.490 e. The van der Waals surface area contributed by atoms with Crippen LogP contribution in [0.2, 0.25) is 0 Å². The van der Waals surface area contributed by atoms with Gasteiger partial charge >= 0.3 is 6.09 Å². The monoisotopic (exact) mass is 480 g/mol. The number of carbonyl (C=O) groups excluding carboxylic acids is 2. The van der Waals surface area contributed by atoms with Gasteiger partial charge in [-0.05, 0) is 32.9 Å². The van der Waals surface area contributed by atoms with Crippen molar-refractivity contribution < 1.29 is 19.1 Å². The van der Waals surface area contributed by atoms with Crippen molar-refractivity contribution in [3.05, 3.63) is 65.9 Å². The van der Waals surface area contributed by atoms with Crippen LogP contribution in [0.25, 0.3) is 10.6 Å². The Hall–Kier alpha value is -3.46. The van der Waals surface area contributed by atoms with E-state index >= 15 is 0 Å². The standard InChI is InChI=1S/C25H28N4O4S/c1-25(2,3)33-24(31)28-12-13-29(19(15-28)16-32-20-10-7-11-26-14-20)23(30)21-17-34-22(27-21)18-8-5-4-6-9-18/h4-11,14,17,19H,12-13,15-16H2,1-3H3. The van der Waals surface area contributed by atoms with E-state index in [1.807, 2.05) is 51.1 Å². The van der Waals surface area contributed by atoms with Gasteiger partial charge in [0.2, 0.25) is 0 Å². The fraction of sp³-hybridized carbons (Fsp3) is 0.360. The van der Waals surface area contributed by atoms with Gasteiger partial charge in [0.15, 0.2) is 0 Å². The van der Waals surface area contributed by atoms with Crippen LogP contribution in [-0.4, -0.2) is 69.7 Å². The Balaban J connectivity index is 1.51. The number of rotatable bonds is 5. The average Bonchev–Trinajstić information content (AvgIpc) is 3.33. The number of piperazine rings is 1. The molecule has 1 atom stereocenters. The number of hydrogen-bond acceptors (Lipinski definition) is 7. The molecule has 1 aromatic carbocycles. The smallest absolute Gasteiger partial charge is 0.410 e. The van der Waals surface area contributed by atoms with E-state index in [0.29, 0.717) is 31.1 Å². The Morgan fingerprint density at radius 1 is 1.12 bits per heavy atom. The number of hydrogen-bond donors (Lipinski definition) is 0. The molecular weight excluding hydrogens is 452 g/mol. The Morgan fingerprint density at radius 2 is 1.91 bits per heavy atom. The maximum atomic E-state index is 13.4. The van der Waals surface area contributed by atoms with E-state index < -0.39 is 11.7 Å². The summed E-state index contributed by atoms with van der Waals surface area (Å²) in [5, 5.41) is 2.57. The first-order chi connectivity index (χ1) is 16.3. The van der Waals surface area contributed by atoms with Gasteiger partial charge in [-0.2, -0.15) is 0 Å². The van der Waals surface area contributed by atoms with Crippen LogP contribution in [0.5, 0.6) is 5.75 Å². The van der Waals surface area contributed by atoms with Crippen LogP contribution in [0.4, 0.5) is 4.79 Å². The van der Waals surface area contributed by atoms with Gasteiger partial charge < -0.3 is 19.3 Å². The molecule has 0 N–H and O–H groups in total. The Labute approximate surface area is 203 Å². The largest absolute Gasteiger partial charge is 0.490 e. The van der Waals surface area contributed by atoms with E-state index in [4.69, 9.17) is 9.47 Å². The zero-order valence-corrected chi connectivity index (χ0v) is 20.3. The van der Waals surface area contributed by atoms with Gasteiger partial charge in [-0.25, -0.2) is 9.78 Å². The molecule has 0 radical (unpaired) electrons. The van der Waals surface area contributed by atoms with Gasteiger partial charge in [-0.3, -0.25) is 9.78 Å². The van der Waals surface area contributed by atoms with Crippen molar-refractivity contribution >= 4 is 23.3 Å². The summed E-state index contributed by atoms with van der Waals surface area (Å²) in [7, 11) is 0. The molecule has 2 amide bonds. The number of ether oxygens (including phenoxy) is 2. The van der Waals surface area contributed by atoms with Crippen molar-refractivity contribution in [2.75, 3.05) is 26.2 Å². The van der Waals surface area contributed by atoms with Crippen LogP contribution in [0.1, 0.15) is 31.3 Å². The molecule has 1 unspecified atom stereocenters. The average molecular weight is 481 g/mol. The van der Waals surface area contributed by atoms with Gasteiger partial charge in [0.25, 0.3) is 5.91 Å². The highest BCUT2D eigenvalue weighted by Gasteiger charge is 2.36. The van der Waals surface area contributed by atoms with Crippen molar-refractivity contribution in [3.8, 4) is 16.3 Å². The summed E-state index contributed by atoms with van der Waals surface area (Å²) in [4.78, 5) is 38.1. The number of aromatic nitrogens is 2. The maximum absolute atomic E-state index is 13.4. The topological polar surface area (TPSA) is 84.9 Å². The zero-order chi connectivity index (χ0) is 24.1. The third-order valence-corrected chi connectivity index (χ3v) is 6.11. The van der Waals surface area contributed by atoms with E-state index in [1.54, 1.807) is 39.7 Å². The summed E-state index contributed by atoms with van der Waals surface area (Å²) in [6.45, 7) is 6.75. The third-order valence-electron chi connectivity index (χ3n) is 5.22. The van der Waals surface area contributed by atoms with Crippen LogP contribution >= 0.6 is 11.3 Å². The zero-order valence-electron chi connectivity index (χ0n) is 19.5. The summed E-state index contributed by atoms with van der Waals surface area (Å²) in [6, 6.07) is 13.0. The summed E-state index contributed by atoms with van der Waals surface area (Å²) in [5.41, 5.74) is 0.763. The van der Waals surface area contributed by atoms with Crippen molar-refractivity contribution in [2.45, 2.75) is 32.4 Å². The van der Waals surface area contributed by atoms with Gasteiger partial charge in [-0.1, -0.05) is 30.3 Å². The van der Waals surface area contributed by atoms with Crippen LogP contribution in [-0.2, 0) is 4.74 Å². The molecule has 9 heteroatoms. The molecule has 8 nitrogen and oxygen atoms in total. The second-order valence-corrected chi connectivity index (χ2v) is 9.84. The number of carbonyl (C=O) groups is 2. The quantitative estimate of drug-likeness (QED) is 0.540. The van der Waals surface area contributed by atoms with Crippen molar-refractivity contribution in [2.24, 2.45) is 0 Å². The van der Waals surface area contributed by atoms with E-state index in [0.717, 1.165) is 10.6 Å². The first-order valence-electron chi connectivity index (χ1n) is 11.1. The second kappa shape index (κ2) is 10.2. The molecule has 0 bridgehead atoms. The lowest BCUT2D eigenvalue weighted by Crippen LogP contribution is -2.59. The van der Waals surface area contributed by atoms with E-state index in [9.17, 15) is 9.59 Å². The number of amides is 2. The molecule has 0 spiro atoms. The lowest BCUT2D eigenvalue weighted by atomic mass is 10.1. The first kappa shape index (κ1) is 23.7. The molecule has 3 heterocycles. The van der Waals surface area contributed by atoms with Crippen LogP contribution in [0, 0.1) is 0 Å². The Morgan fingerprint density at radius 3 is 2.62 bits per heavy atom. The Kier molecular flexibility index (Phi) is 7.12. The highest BCUT2D eigenvalue weighted by atomic mass is 32.1. The van der Waals surface area contributed by atoms with Crippen molar-refractivity contribution in [1.82, 2.24) is 19.8 Å². The number of nitrogens with zero attached hydrogens (tertiary/aromatic N) is 4. The predicted octanol–water partition coefficient (Wildman–Crippen LogP) is 4.35. The molecule has 178 valence electrons. The molecule has 4 rings (SSSR count). The van der Waals surface area contributed by atoms with Crippen molar-refractivity contribution in [1.29, 1.82) is 0 Å². The van der Waals surface area contributed by atoms with Gasteiger partial charge in [0, 0.05) is 36.8 Å². The fourth-order valence-corrected chi connectivity index (χ4v) is 4.41. The highest BCUT2D eigenvalue weighted by molar-refractivity contribution is 7.13. The lowest BCUT2D eigenvalue weighted by Gasteiger charge is -2.41. The third kappa shape index (κ3) is 5.91. The lowest BCUT2D eigenvalue weighted by molar-refractivity contribution is -0.00106. The number of pyridine rings is 1. The molecule has 0 saturated carbocycles.